The molecule has 0 aliphatic rings. The molecule has 1 aromatic heterocycles. The highest BCUT2D eigenvalue weighted by Gasteiger charge is 1.93. The van der Waals surface area contributed by atoms with E-state index in [0.717, 1.165) is 0 Å². The Labute approximate surface area is 85.4 Å². The quantitative estimate of drug-likeness (QED) is 0.657. The maximum absolute atomic E-state index is 4.58. The van der Waals surface area contributed by atoms with Gasteiger partial charge < -0.3 is 4.42 Å². The van der Waals surface area contributed by atoms with Gasteiger partial charge in [-0.25, -0.2) is 0 Å². The molecule has 1 heteroatoms. The minimum atomic E-state index is 0.659. The average Bonchev–Trinajstić information content (AvgIpc) is 2.77. The van der Waals surface area contributed by atoms with Gasteiger partial charge in [0.2, 0.25) is 0 Å². The highest BCUT2D eigenvalue weighted by atomic mass is 16.3. The fourth-order valence-corrected chi connectivity index (χ4v) is 1.06. The van der Waals surface area contributed by atoms with E-state index in [1.165, 1.54) is 5.56 Å². The number of benzene rings is 1. The molecule has 1 aromatic carbocycles. The van der Waals surface area contributed by atoms with Crippen LogP contribution in [0.2, 0.25) is 0 Å². The summed E-state index contributed by atoms with van der Waals surface area (Å²) in [4.78, 5) is 0. The van der Waals surface area contributed by atoms with Gasteiger partial charge >= 0.3 is 0 Å². The molecule has 14 heavy (non-hydrogen) atoms. The van der Waals surface area contributed by atoms with Crippen molar-refractivity contribution >= 4 is 0 Å². The fourth-order valence-electron chi connectivity index (χ4n) is 1.06. The Hall–Kier alpha value is -1.50. The third-order valence-corrected chi connectivity index (χ3v) is 1.89. The van der Waals surface area contributed by atoms with Gasteiger partial charge in [0.05, 0.1) is 12.5 Å². The first kappa shape index (κ1) is 10.6. The Kier molecular flexibility index (Phi) is 4.56. The molecule has 0 unspecified atom stereocenters. The molecular formula is C13H16O. The summed E-state index contributed by atoms with van der Waals surface area (Å²) in [5.74, 6) is 0.659. The Morgan fingerprint density at radius 1 is 0.857 bits per heavy atom. The SMILES string of the molecule is CC(C)c1ccccc1.c1ccoc1. The van der Waals surface area contributed by atoms with Crippen LogP contribution >= 0.6 is 0 Å². The molecule has 74 valence electrons. The lowest BCUT2D eigenvalue weighted by atomic mass is 10.0. The van der Waals surface area contributed by atoms with Crippen LogP contribution in [0.4, 0.5) is 0 Å². The molecule has 2 aromatic rings. The first-order chi connectivity index (χ1) is 6.80. The maximum atomic E-state index is 4.58. The number of hydrogen-bond donors (Lipinski definition) is 0. The van der Waals surface area contributed by atoms with Crippen LogP contribution in [0.25, 0.3) is 0 Å². The highest BCUT2D eigenvalue weighted by molar-refractivity contribution is 5.17. The van der Waals surface area contributed by atoms with Crippen LogP contribution < -0.4 is 0 Å². The predicted octanol–water partition coefficient (Wildman–Crippen LogP) is 4.09. The third kappa shape index (κ3) is 3.94. The van der Waals surface area contributed by atoms with E-state index in [-0.39, 0.29) is 0 Å². The van der Waals surface area contributed by atoms with E-state index < -0.39 is 0 Å². The van der Waals surface area contributed by atoms with Gasteiger partial charge in [-0.05, 0) is 23.6 Å². The van der Waals surface area contributed by atoms with Crippen molar-refractivity contribution in [1.82, 2.24) is 0 Å². The maximum Gasteiger partial charge on any atom is 0.0902 e. The Bertz CT molecular complexity index is 291. The van der Waals surface area contributed by atoms with Crippen LogP contribution in [0.5, 0.6) is 0 Å². The highest BCUT2D eigenvalue weighted by Crippen LogP contribution is 2.11. The zero-order chi connectivity index (χ0) is 10.2. The monoisotopic (exact) mass is 188 g/mol. The molecule has 0 spiro atoms. The first-order valence-corrected chi connectivity index (χ1v) is 4.83. The Morgan fingerprint density at radius 2 is 1.43 bits per heavy atom. The van der Waals surface area contributed by atoms with Crippen molar-refractivity contribution in [3.63, 3.8) is 0 Å². The smallest absolute Gasteiger partial charge is 0.0902 e. The number of furan rings is 1. The topological polar surface area (TPSA) is 13.1 Å². The van der Waals surface area contributed by atoms with Crippen molar-refractivity contribution in [2.45, 2.75) is 19.8 Å². The normalized spacial score (nSPS) is 9.36. The predicted molar refractivity (Wildman–Crippen MR) is 59.2 cm³/mol. The van der Waals surface area contributed by atoms with Gasteiger partial charge in [-0.2, -0.15) is 0 Å². The number of hydrogen-bond acceptors (Lipinski definition) is 1. The molecule has 1 heterocycles. The molecule has 0 aliphatic carbocycles. The minimum Gasteiger partial charge on any atom is -0.473 e. The van der Waals surface area contributed by atoms with Gasteiger partial charge in [0.1, 0.15) is 0 Å². The van der Waals surface area contributed by atoms with Gasteiger partial charge in [-0.1, -0.05) is 44.2 Å². The van der Waals surface area contributed by atoms with Crippen molar-refractivity contribution in [1.29, 1.82) is 0 Å². The van der Waals surface area contributed by atoms with E-state index in [4.69, 9.17) is 0 Å². The minimum absolute atomic E-state index is 0.659. The van der Waals surface area contributed by atoms with Crippen molar-refractivity contribution in [3.05, 3.63) is 60.6 Å². The third-order valence-electron chi connectivity index (χ3n) is 1.89. The van der Waals surface area contributed by atoms with Crippen molar-refractivity contribution in [2.24, 2.45) is 0 Å². The zero-order valence-electron chi connectivity index (χ0n) is 8.68. The second kappa shape index (κ2) is 6.03. The Morgan fingerprint density at radius 3 is 1.71 bits per heavy atom. The average molecular weight is 188 g/mol. The second-order valence-electron chi connectivity index (χ2n) is 3.36. The van der Waals surface area contributed by atoms with Crippen LogP contribution in [0.15, 0.2) is 59.4 Å². The summed E-state index contributed by atoms with van der Waals surface area (Å²) < 4.78 is 4.58. The standard InChI is InChI=1S/C9H12.C4H4O/c1-8(2)9-6-4-3-5-7-9;1-2-4-5-3-1/h3-8H,1-2H3;1-4H. The van der Waals surface area contributed by atoms with Crippen molar-refractivity contribution < 1.29 is 4.42 Å². The summed E-state index contributed by atoms with van der Waals surface area (Å²) in [5, 5.41) is 0. The van der Waals surface area contributed by atoms with E-state index in [1.54, 1.807) is 12.5 Å². The van der Waals surface area contributed by atoms with Crippen molar-refractivity contribution in [2.75, 3.05) is 0 Å². The molecule has 0 amide bonds. The molecular weight excluding hydrogens is 172 g/mol. The van der Waals surface area contributed by atoms with Crippen molar-refractivity contribution in [3.8, 4) is 0 Å². The molecule has 0 fully saturated rings. The lowest BCUT2D eigenvalue weighted by Crippen LogP contribution is -1.83. The molecule has 0 radical (unpaired) electrons. The van der Waals surface area contributed by atoms with Crippen LogP contribution in [-0.4, -0.2) is 0 Å². The van der Waals surface area contributed by atoms with Gasteiger partial charge in [-0.15, -0.1) is 0 Å². The van der Waals surface area contributed by atoms with Gasteiger partial charge in [0.15, 0.2) is 0 Å². The lowest BCUT2D eigenvalue weighted by molar-refractivity contribution is 0.567. The summed E-state index contributed by atoms with van der Waals surface area (Å²) in [5.41, 5.74) is 1.41. The number of rotatable bonds is 1. The first-order valence-electron chi connectivity index (χ1n) is 4.83. The largest absolute Gasteiger partial charge is 0.473 e. The fraction of sp³-hybridized carbons (Fsp3) is 0.231. The van der Waals surface area contributed by atoms with Crippen LogP contribution in [0.3, 0.4) is 0 Å². The molecule has 1 nitrogen and oxygen atoms in total. The van der Waals surface area contributed by atoms with Gasteiger partial charge in [0, 0.05) is 0 Å². The molecule has 0 saturated heterocycles. The summed E-state index contributed by atoms with van der Waals surface area (Å²) in [7, 11) is 0. The van der Waals surface area contributed by atoms with Gasteiger partial charge in [-0.3, -0.25) is 0 Å². The van der Waals surface area contributed by atoms with Crippen LogP contribution in [0, 0.1) is 0 Å². The summed E-state index contributed by atoms with van der Waals surface area (Å²) in [6, 6.07) is 14.2. The van der Waals surface area contributed by atoms with E-state index in [0.29, 0.717) is 5.92 Å². The summed E-state index contributed by atoms with van der Waals surface area (Å²) >= 11 is 0. The molecule has 0 saturated carbocycles. The van der Waals surface area contributed by atoms with E-state index in [9.17, 15) is 0 Å². The van der Waals surface area contributed by atoms with E-state index >= 15 is 0 Å². The summed E-state index contributed by atoms with van der Waals surface area (Å²) in [6.45, 7) is 4.41. The molecule has 0 atom stereocenters. The van der Waals surface area contributed by atoms with E-state index in [2.05, 4.69) is 42.5 Å². The molecule has 0 bridgehead atoms. The lowest BCUT2D eigenvalue weighted by Gasteiger charge is -2.01. The van der Waals surface area contributed by atoms with Gasteiger partial charge in [0.25, 0.3) is 0 Å². The molecule has 0 N–H and O–H groups in total. The second-order valence-corrected chi connectivity index (χ2v) is 3.36. The molecule has 2 rings (SSSR count). The van der Waals surface area contributed by atoms with Crippen LogP contribution in [-0.2, 0) is 0 Å². The summed E-state index contributed by atoms with van der Waals surface area (Å²) in [6.07, 6.45) is 3.25. The zero-order valence-corrected chi connectivity index (χ0v) is 8.68. The van der Waals surface area contributed by atoms with E-state index in [1.807, 2.05) is 18.2 Å². The molecule has 0 aliphatic heterocycles. The Balaban J connectivity index is 0.000000165. The van der Waals surface area contributed by atoms with Crippen LogP contribution in [0.1, 0.15) is 25.3 Å².